The van der Waals surface area contributed by atoms with Crippen molar-refractivity contribution in [3.05, 3.63) is 27.7 Å². The number of primary sulfonamides is 1. The molecular weight excluding hydrogens is 376 g/mol. The number of hydrogen-bond acceptors (Lipinski definition) is 4. The van der Waals surface area contributed by atoms with Crippen molar-refractivity contribution < 1.29 is 23.1 Å². The summed E-state index contributed by atoms with van der Waals surface area (Å²) in [6.07, 6.45) is 0. The van der Waals surface area contributed by atoms with Gasteiger partial charge in [0.15, 0.2) is 0 Å². The molecule has 7 nitrogen and oxygen atoms in total. The smallest absolute Gasteiger partial charge is 0.308 e. The molecule has 0 aliphatic heterocycles. The first-order valence-electron chi connectivity index (χ1n) is 6.26. The first-order valence-corrected chi connectivity index (χ1v) is 8.60. The fourth-order valence-corrected chi connectivity index (χ4v) is 3.39. The van der Waals surface area contributed by atoms with Gasteiger partial charge < -0.3 is 10.0 Å². The summed E-state index contributed by atoms with van der Waals surface area (Å²) < 4.78 is 23.5. The Kier molecular flexibility index (Phi) is 5.71. The van der Waals surface area contributed by atoms with Gasteiger partial charge in [0.1, 0.15) is 0 Å². The van der Waals surface area contributed by atoms with Crippen molar-refractivity contribution in [2.75, 3.05) is 13.6 Å². The van der Waals surface area contributed by atoms with Crippen molar-refractivity contribution >= 4 is 37.8 Å². The van der Waals surface area contributed by atoms with Gasteiger partial charge in [-0.25, -0.2) is 13.6 Å². The molecule has 0 aliphatic carbocycles. The Balaban J connectivity index is 3.24. The van der Waals surface area contributed by atoms with E-state index in [1.165, 1.54) is 37.9 Å². The fraction of sp³-hybridized carbons (Fsp3) is 0.385. The predicted octanol–water partition coefficient (Wildman–Crippen LogP) is 1.20. The van der Waals surface area contributed by atoms with Gasteiger partial charge in [-0.1, -0.05) is 22.9 Å². The van der Waals surface area contributed by atoms with Crippen LogP contribution in [-0.2, 0) is 14.8 Å². The number of carbonyl (C=O) groups excluding carboxylic acids is 1. The van der Waals surface area contributed by atoms with E-state index in [-0.39, 0.29) is 22.6 Å². The fourth-order valence-electron chi connectivity index (χ4n) is 1.95. The van der Waals surface area contributed by atoms with E-state index in [1.54, 1.807) is 0 Å². The molecule has 1 aromatic carbocycles. The molecule has 9 heteroatoms. The Morgan fingerprint density at radius 1 is 1.41 bits per heavy atom. The lowest BCUT2D eigenvalue weighted by Gasteiger charge is -2.21. The molecule has 0 aliphatic rings. The molecule has 1 amide bonds. The first-order chi connectivity index (χ1) is 9.95. The quantitative estimate of drug-likeness (QED) is 0.780. The summed E-state index contributed by atoms with van der Waals surface area (Å²) in [7, 11) is -2.51. The highest BCUT2D eigenvalue weighted by Gasteiger charge is 2.23. The minimum atomic E-state index is -3.97. The standard InChI is InChI=1S/C13H17BrN2O5S/c1-7(13(18)19)6-16(3)12(17)10-4-9(14)5-11(8(10)2)22(15,20)21/h4-5,7H,6H2,1-3H3,(H,18,19)(H2,15,20,21). The molecule has 1 atom stereocenters. The lowest BCUT2D eigenvalue weighted by Crippen LogP contribution is -2.34. The molecule has 0 aromatic heterocycles. The third kappa shape index (κ3) is 4.28. The van der Waals surface area contributed by atoms with Gasteiger partial charge in [0, 0.05) is 23.6 Å². The summed E-state index contributed by atoms with van der Waals surface area (Å²) in [5.41, 5.74) is 0.379. The monoisotopic (exact) mass is 392 g/mol. The van der Waals surface area contributed by atoms with Gasteiger partial charge in [-0.15, -0.1) is 0 Å². The van der Waals surface area contributed by atoms with E-state index in [1.807, 2.05) is 0 Å². The average Bonchev–Trinajstić information content (AvgIpc) is 2.38. The van der Waals surface area contributed by atoms with Crippen LogP contribution in [0.5, 0.6) is 0 Å². The molecule has 0 heterocycles. The molecule has 0 spiro atoms. The topological polar surface area (TPSA) is 118 Å². The van der Waals surface area contributed by atoms with Gasteiger partial charge in [0.25, 0.3) is 5.91 Å². The highest BCUT2D eigenvalue weighted by molar-refractivity contribution is 9.10. The van der Waals surface area contributed by atoms with Crippen molar-refractivity contribution in [1.29, 1.82) is 0 Å². The first kappa shape index (κ1) is 18.6. The van der Waals surface area contributed by atoms with E-state index in [2.05, 4.69) is 15.9 Å². The van der Waals surface area contributed by atoms with E-state index < -0.39 is 27.8 Å². The van der Waals surface area contributed by atoms with Gasteiger partial charge in [-0.2, -0.15) is 0 Å². The summed E-state index contributed by atoms with van der Waals surface area (Å²) in [4.78, 5) is 24.4. The molecule has 0 bridgehead atoms. The number of carboxylic acid groups (broad SMARTS) is 1. The van der Waals surface area contributed by atoms with Crippen LogP contribution in [0.15, 0.2) is 21.5 Å². The number of benzene rings is 1. The van der Waals surface area contributed by atoms with Crippen LogP contribution in [0, 0.1) is 12.8 Å². The number of amides is 1. The zero-order valence-corrected chi connectivity index (χ0v) is 14.7. The van der Waals surface area contributed by atoms with Crippen LogP contribution < -0.4 is 5.14 Å². The molecule has 122 valence electrons. The van der Waals surface area contributed by atoms with Crippen LogP contribution in [-0.4, -0.2) is 43.9 Å². The molecular formula is C13H17BrN2O5S. The van der Waals surface area contributed by atoms with E-state index in [0.29, 0.717) is 4.47 Å². The van der Waals surface area contributed by atoms with Gasteiger partial charge in [0.05, 0.1) is 10.8 Å². The number of carboxylic acids is 1. The van der Waals surface area contributed by atoms with Crippen LogP contribution in [0.2, 0.25) is 0 Å². The second kappa shape index (κ2) is 6.76. The highest BCUT2D eigenvalue weighted by Crippen LogP contribution is 2.25. The molecule has 1 aromatic rings. The lowest BCUT2D eigenvalue weighted by molar-refractivity contribution is -0.141. The second-order valence-corrected chi connectivity index (χ2v) is 7.49. The minimum absolute atomic E-state index is 0.00479. The number of aliphatic carboxylic acids is 1. The Morgan fingerprint density at radius 2 is 1.95 bits per heavy atom. The Bertz CT molecular complexity index is 717. The number of hydrogen-bond donors (Lipinski definition) is 2. The van der Waals surface area contributed by atoms with Crippen molar-refractivity contribution in [3.8, 4) is 0 Å². The third-order valence-electron chi connectivity index (χ3n) is 3.18. The molecule has 1 rings (SSSR count). The van der Waals surface area contributed by atoms with Crippen molar-refractivity contribution in [2.45, 2.75) is 18.7 Å². The maximum Gasteiger partial charge on any atom is 0.308 e. The van der Waals surface area contributed by atoms with Crippen molar-refractivity contribution in [1.82, 2.24) is 4.90 Å². The lowest BCUT2D eigenvalue weighted by atomic mass is 10.1. The molecule has 1 unspecified atom stereocenters. The van der Waals surface area contributed by atoms with Crippen LogP contribution in [0.3, 0.4) is 0 Å². The van der Waals surface area contributed by atoms with Gasteiger partial charge in [0.2, 0.25) is 10.0 Å². The zero-order chi connectivity index (χ0) is 17.2. The van der Waals surface area contributed by atoms with Crippen LogP contribution in [0.25, 0.3) is 0 Å². The number of carbonyl (C=O) groups is 2. The molecule has 0 fully saturated rings. The SMILES string of the molecule is Cc1c(C(=O)N(C)CC(C)C(=O)O)cc(Br)cc1S(N)(=O)=O. The van der Waals surface area contributed by atoms with E-state index in [0.717, 1.165) is 0 Å². The highest BCUT2D eigenvalue weighted by atomic mass is 79.9. The third-order valence-corrected chi connectivity index (χ3v) is 4.67. The van der Waals surface area contributed by atoms with Crippen molar-refractivity contribution in [2.24, 2.45) is 11.1 Å². The molecule has 0 saturated heterocycles. The summed E-state index contributed by atoms with van der Waals surface area (Å²) in [6.45, 7) is 2.97. The molecule has 0 saturated carbocycles. The minimum Gasteiger partial charge on any atom is -0.481 e. The summed E-state index contributed by atoms with van der Waals surface area (Å²) in [5, 5.41) is 14.0. The predicted molar refractivity (Wildman–Crippen MR) is 84.0 cm³/mol. The van der Waals surface area contributed by atoms with Crippen LogP contribution in [0.4, 0.5) is 0 Å². The van der Waals surface area contributed by atoms with E-state index in [9.17, 15) is 18.0 Å². The van der Waals surface area contributed by atoms with Gasteiger partial charge in [-0.3, -0.25) is 9.59 Å². The number of nitrogens with two attached hydrogens (primary N) is 1. The molecule has 22 heavy (non-hydrogen) atoms. The Hall–Kier alpha value is -1.45. The molecule has 0 radical (unpaired) electrons. The maximum atomic E-state index is 12.4. The summed E-state index contributed by atoms with van der Waals surface area (Å²) >= 11 is 3.15. The largest absolute Gasteiger partial charge is 0.481 e. The Morgan fingerprint density at radius 3 is 2.41 bits per heavy atom. The zero-order valence-electron chi connectivity index (χ0n) is 12.3. The number of halogens is 1. The van der Waals surface area contributed by atoms with Gasteiger partial charge >= 0.3 is 5.97 Å². The van der Waals surface area contributed by atoms with Crippen LogP contribution >= 0.6 is 15.9 Å². The summed E-state index contributed by atoms with van der Waals surface area (Å²) in [5.74, 6) is -2.23. The van der Waals surface area contributed by atoms with E-state index in [4.69, 9.17) is 10.2 Å². The number of sulfonamides is 1. The van der Waals surface area contributed by atoms with Crippen LogP contribution in [0.1, 0.15) is 22.8 Å². The van der Waals surface area contributed by atoms with Crippen molar-refractivity contribution in [3.63, 3.8) is 0 Å². The Labute approximate surface area is 137 Å². The number of rotatable bonds is 5. The van der Waals surface area contributed by atoms with E-state index >= 15 is 0 Å². The maximum absolute atomic E-state index is 12.4. The summed E-state index contributed by atoms with van der Waals surface area (Å²) in [6, 6.07) is 2.80. The number of nitrogens with zero attached hydrogens (tertiary/aromatic N) is 1. The normalized spacial score (nSPS) is 12.8. The average molecular weight is 393 g/mol. The molecule has 3 N–H and O–H groups in total. The second-order valence-electron chi connectivity index (χ2n) is 5.05. The van der Waals surface area contributed by atoms with Gasteiger partial charge in [-0.05, 0) is 24.6 Å².